The summed E-state index contributed by atoms with van der Waals surface area (Å²) in [6.07, 6.45) is 3.08. The Bertz CT molecular complexity index is 342. The van der Waals surface area contributed by atoms with Gasteiger partial charge in [0.15, 0.2) is 5.96 Å². The molecule has 1 unspecified atom stereocenters. The van der Waals surface area contributed by atoms with Gasteiger partial charge >= 0.3 is 0 Å². The predicted octanol–water partition coefficient (Wildman–Crippen LogP) is 1.16. The molecular weight excluding hydrogens is 399 g/mol. The minimum atomic E-state index is 0. The number of guanidine groups is 1. The molecule has 122 valence electrons. The van der Waals surface area contributed by atoms with Gasteiger partial charge < -0.3 is 15.4 Å². The molecule has 2 heterocycles. The highest BCUT2D eigenvalue weighted by molar-refractivity contribution is 14.0. The summed E-state index contributed by atoms with van der Waals surface area (Å²) in [5.74, 6) is 3.30. The molecule has 0 aromatic carbocycles. The molecule has 0 bridgehead atoms. The maximum absolute atomic E-state index is 5.49. The fourth-order valence-electron chi connectivity index (χ4n) is 2.77. The average molecular weight is 426 g/mol. The fraction of sp³-hybridized carbons (Fsp3) is 0.786. The summed E-state index contributed by atoms with van der Waals surface area (Å²) in [5, 5.41) is 6.71. The molecule has 0 aromatic heterocycles. The number of ether oxygens (including phenoxy) is 1. The molecule has 0 aliphatic carbocycles. The predicted molar refractivity (Wildman–Crippen MR) is 102 cm³/mol. The summed E-state index contributed by atoms with van der Waals surface area (Å²) >= 11 is 2.05. The summed E-state index contributed by atoms with van der Waals surface area (Å²) in [7, 11) is 1.81. The standard InChI is InChI=1S/C14H26N4OS.HI/c1-3-5-16-13(15-2)17-11-14(4-10-20-12-14)18-6-8-19-9-7-18;/h3H,1,4-12H2,2H3,(H2,15,16,17);1H. The first-order chi connectivity index (χ1) is 9.80. The van der Waals surface area contributed by atoms with Crippen molar-refractivity contribution in [1.29, 1.82) is 0 Å². The number of nitrogens with zero attached hydrogens (tertiary/aromatic N) is 2. The van der Waals surface area contributed by atoms with Crippen LogP contribution in [0, 0.1) is 0 Å². The maximum atomic E-state index is 5.49. The summed E-state index contributed by atoms with van der Waals surface area (Å²) in [5.41, 5.74) is 0.250. The lowest BCUT2D eigenvalue weighted by molar-refractivity contribution is -0.0120. The zero-order chi connectivity index (χ0) is 14.3. The van der Waals surface area contributed by atoms with Crippen LogP contribution in [0.4, 0.5) is 0 Å². The van der Waals surface area contributed by atoms with Crippen LogP contribution in [0.15, 0.2) is 17.6 Å². The van der Waals surface area contributed by atoms with E-state index in [1.54, 1.807) is 0 Å². The van der Waals surface area contributed by atoms with Crippen LogP contribution < -0.4 is 10.6 Å². The minimum absolute atomic E-state index is 0. The van der Waals surface area contributed by atoms with Gasteiger partial charge in [0.05, 0.1) is 13.2 Å². The van der Waals surface area contributed by atoms with Gasteiger partial charge in [-0.2, -0.15) is 11.8 Å². The Balaban J connectivity index is 0.00000220. The molecule has 2 rings (SSSR count). The van der Waals surface area contributed by atoms with Gasteiger partial charge in [-0.1, -0.05) is 6.08 Å². The fourth-order valence-corrected chi connectivity index (χ4v) is 4.25. The van der Waals surface area contributed by atoms with Crippen molar-refractivity contribution in [3.05, 3.63) is 12.7 Å². The molecule has 5 nitrogen and oxygen atoms in total. The van der Waals surface area contributed by atoms with E-state index in [2.05, 4.69) is 38.9 Å². The van der Waals surface area contributed by atoms with Crippen molar-refractivity contribution in [3.63, 3.8) is 0 Å². The molecule has 0 aromatic rings. The van der Waals surface area contributed by atoms with Crippen LogP contribution in [0.1, 0.15) is 6.42 Å². The van der Waals surface area contributed by atoms with E-state index in [4.69, 9.17) is 4.74 Å². The van der Waals surface area contributed by atoms with Crippen LogP contribution in [0.5, 0.6) is 0 Å². The van der Waals surface area contributed by atoms with Crippen molar-refractivity contribution < 1.29 is 4.74 Å². The first kappa shape index (κ1) is 19.1. The van der Waals surface area contributed by atoms with Gasteiger partial charge in [0.25, 0.3) is 0 Å². The Kier molecular flexibility index (Phi) is 9.00. The molecule has 2 aliphatic rings. The number of thioether (sulfide) groups is 1. The first-order valence-electron chi connectivity index (χ1n) is 7.27. The van der Waals surface area contributed by atoms with E-state index in [0.29, 0.717) is 0 Å². The van der Waals surface area contributed by atoms with Crippen molar-refractivity contribution in [3.8, 4) is 0 Å². The number of morpholine rings is 1. The lowest BCUT2D eigenvalue weighted by Gasteiger charge is -2.43. The van der Waals surface area contributed by atoms with E-state index in [0.717, 1.165) is 45.4 Å². The number of halogens is 1. The average Bonchev–Trinajstić information content (AvgIpc) is 2.98. The molecule has 7 heteroatoms. The number of rotatable bonds is 5. The molecule has 0 saturated carbocycles. The van der Waals surface area contributed by atoms with Crippen LogP contribution in [-0.4, -0.2) is 74.3 Å². The molecule has 2 saturated heterocycles. The lowest BCUT2D eigenvalue weighted by atomic mass is 9.95. The van der Waals surface area contributed by atoms with Crippen LogP contribution in [0.2, 0.25) is 0 Å². The quantitative estimate of drug-likeness (QED) is 0.299. The van der Waals surface area contributed by atoms with Gasteiger partial charge in [0.2, 0.25) is 0 Å². The Morgan fingerprint density at radius 2 is 2.19 bits per heavy atom. The third-order valence-electron chi connectivity index (χ3n) is 3.99. The Hall–Kier alpha value is 0.01000. The third-order valence-corrected chi connectivity index (χ3v) is 5.22. The van der Waals surface area contributed by atoms with Gasteiger partial charge in [0.1, 0.15) is 0 Å². The molecular formula is C14H27IN4OS. The second-order valence-corrected chi connectivity index (χ2v) is 6.33. The number of aliphatic imine (C=N–C) groups is 1. The van der Waals surface area contributed by atoms with Crippen molar-refractivity contribution in [2.24, 2.45) is 4.99 Å². The maximum Gasteiger partial charge on any atom is 0.191 e. The van der Waals surface area contributed by atoms with Gasteiger partial charge in [-0.05, 0) is 12.2 Å². The monoisotopic (exact) mass is 426 g/mol. The van der Waals surface area contributed by atoms with E-state index in [1.807, 2.05) is 13.1 Å². The molecule has 0 radical (unpaired) electrons. The summed E-state index contributed by atoms with van der Waals surface area (Å²) in [4.78, 5) is 6.86. The molecule has 0 spiro atoms. The summed E-state index contributed by atoms with van der Waals surface area (Å²) in [6, 6.07) is 0. The van der Waals surface area contributed by atoms with Crippen molar-refractivity contribution in [2.45, 2.75) is 12.0 Å². The van der Waals surface area contributed by atoms with Crippen molar-refractivity contribution in [1.82, 2.24) is 15.5 Å². The van der Waals surface area contributed by atoms with Gasteiger partial charge in [0, 0.05) is 44.5 Å². The molecule has 2 aliphatic heterocycles. The second kappa shape index (κ2) is 9.91. The SMILES string of the molecule is C=CCNC(=NC)NCC1(N2CCOCC2)CCSC1.I. The van der Waals surface area contributed by atoms with Gasteiger partial charge in [-0.15, -0.1) is 30.6 Å². The van der Waals surface area contributed by atoms with Gasteiger partial charge in [-0.3, -0.25) is 9.89 Å². The van der Waals surface area contributed by atoms with Crippen LogP contribution in [-0.2, 0) is 4.74 Å². The molecule has 2 fully saturated rings. The first-order valence-corrected chi connectivity index (χ1v) is 8.42. The summed E-state index contributed by atoms with van der Waals surface area (Å²) < 4.78 is 5.49. The van der Waals surface area contributed by atoms with E-state index in [-0.39, 0.29) is 29.5 Å². The lowest BCUT2D eigenvalue weighted by Crippen LogP contribution is -2.60. The highest BCUT2D eigenvalue weighted by Gasteiger charge is 2.40. The van der Waals surface area contributed by atoms with Crippen LogP contribution >= 0.6 is 35.7 Å². The Morgan fingerprint density at radius 1 is 1.43 bits per heavy atom. The van der Waals surface area contributed by atoms with E-state index in [9.17, 15) is 0 Å². The number of hydrogen-bond donors (Lipinski definition) is 2. The van der Waals surface area contributed by atoms with Crippen molar-refractivity contribution >= 4 is 41.7 Å². The zero-order valence-electron chi connectivity index (χ0n) is 12.8. The molecule has 21 heavy (non-hydrogen) atoms. The van der Waals surface area contributed by atoms with Gasteiger partial charge in [-0.25, -0.2) is 0 Å². The number of hydrogen-bond acceptors (Lipinski definition) is 4. The third kappa shape index (κ3) is 5.30. The molecule has 1 atom stereocenters. The van der Waals surface area contributed by atoms with E-state index in [1.165, 1.54) is 17.9 Å². The van der Waals surface area contributed by atoms with E-state index >= 15 is 0 Å². The van der Waals surface area contributed by atoms with Crippen molar-refractivity contribution in [2.75, 3.05) is 57.9 Å². The van der Waals surface area contributed by atoms with E-state index < -0.39 is 0 Å². The highest BCUT2D eigenvalue weighted by atomic mass is 127. The number of nitrogens with one attached hydrogen (secondary N) is 2. The minimum Gasteiger partial charge on any atom is -0.379 e. The molecule has 0 amide bonds. The smallest absolute Gasteiger partial charge is 0.191 e. The summed E-state index contributed by atoms with van der Waals surface area (Å²) in [6.45, 7) is 9.20. The normalized spacial score (nSPS) is 27.0. The topological polar surface area (TPSA) is 48.9 Å². The van der Waals surface area contributed by atoms with Crippen LogP contribution in [0.25, 0.3) is 0 Å². The van der Waals surface area contributed by atoms with Crippen LogP contribution in [0.3, 0.4) is 0 Å². The Labute approximate surface area is 149 Å². The largest absolute Gasteiger partial charge is 0.379 e. The molecule has 2 N–H and O–H groups in total. The zero-order valence-corrected chi connectivity index (χ0v) is 15.9. The Morgan fingerprint density at radius 3 is 2.76 bits per heavy atom. The second-order valence-electron chi connectivity index (χ2n) is 5.22. The highest BCUT2D eigenvalue weighted by Crippen LogP contribution is 2.33.